The van der Waals surface area contributed by atoms with Crippen LogP contribution in [0.15, 0.2) is 0 Å². The molecule has 0 spiro atoms. The van der Waals surface area contributed by atoms with Gasteiger partial charge in [-0.05, 0) is 25.2 Å². The van der Waals surface area contributed by atoms with E-state index in [4.69, 9.17) is 5.26 Å². The average molecular weight is 305 g/mol. The molecule has 110 valence electrons. The van der Waals surface area contributed by atoms with Crippen LogP contribution in [0.25, 0.3) is 0 Å². The number of rotatable bonds is 6. The van der Waals surface area contributed by atoms with Gasteiger partial charge >= 0.3 is 0 Å². The van der Waals surface area contributed by atoms with E-state index in [1.807, 2.05) is 0 Å². The Morgan fingerprint density at radius 1 is 1.37 bits per heavy atom. The summed E-state index contributed by atoms with van der Waals surface area (Å²) in [5.41, 5.74) is 0. The molecule has 0 amide bonds. The van der Waals surface area contributed by atoms with Crippen molar-refractivity contribution in [1.29, 1.82) is 5.26 Å². The molecule has 19 heavy (non-hydrogen) atoms. The van der Waals surface area contributed by atoms with Crippen molar-refractivity contribution in [3.05, 3.63) is 0 Å². The summed E-state index contributed by atoms with van der Waals surface area (Å²) >= 11 is 0. The lowest BCUT2D eigenvalue weighted by atomic mass is 9.80. The fraction of sp³-hybridized carbons (Fsp3) is 0.923. The molecule has 4 atom stereocenters. The van der Waals surface area contributed by atoms with E-state index in [2.05, 4.69) is 13.0 Å². The fourth-order valence-corrected chi connectivity index (χ4v) is 5.93. The number of hydrogen-bond donors (Lipinski definition) is 0. The van der Waals surface area contributed by atoms with Gasteiger partial charge in [-0.3, -0.25) is 4.21 Å². The van der Waals surface area contributed by atoms with Crippen LogP contribution in [-0.2, 0) is 20.6 Å². The first kappa shape index (κ1) is 16.6. The van der Waals surface area contributed by atoms with Gasteiger partial charge in [0.15, 0.2) is 0 Å². The highest BCUT2D eigenvalue weighted by Gasteiger charge is 2.34. The fourth-order valence-electron chi connectivity index (χ4n) is 2.71. The molecule has 0 aromatic carbocycles. The van der Waals surface area contributed by atoms with E-state index in [1.54, 1.807) is 0 Å². The number of nitriles is 1. The summed E-state index contributed by atoms with van der Waals surface area (Å²) in [6.45, 7) is 2.13. The first-order valence-corrected chi connectivity index (χ1v) is 10.3. The predicted molar refractivity (Wildman–Crippen MR) is 77.9 cm³/mol. The van der Waals surface area contributed by atoms with Crippen molar-refractivity contribution in [1.82, 2.24) is 0 Å². The monoisotopic (exact) mass is 305 g/mol. The largest absolute Gasteiger partial charge is 0.259 e. The SMILES string of the molecule is CCCC1CCC(C#N)C(S(=O)CCS(C)(=O)=O)C1. The van der Waals surface area contributed by atoms with Crippen molar-refractivity contribution in [2.75, 3.05) is 17.8 Å². The Morgan fingerprint density at radius 2 is 2.05 bits per heavy atom. The molecule has 1 fully saturated rings. The Morgan fingerprint density at radius 3 is 2.58 bits per heavy atom. The highest BCUT2D eigenvalue weighted by atomic mass is 32.2. The molecular formula is C13H23NO3S2. The first-order chi connectivity index (χ1) is 8.87. The van der Waals surface area contributed by atoms with Crippen LogP contribution in [0.2, 0.25) is 0 Å². The summed E-state index contributed by atoms with van der Waals surface area (Å²) in [4.78, 5) is 0. The summed E-state index contributed by atoms with van der Waals surface area (Å²) in [5, 5.41) is 9.01. The lowest BCUT2D eigenvalue weighted by Crippen LogP contribution is -2.34. The predicted octanol–water partition coefficient (Wildman–Crippen LogP) is 1.89. The van der Waals surface area contributed by atoms with E-state index in [0.29, 0.717) is 5.92 Å². The summed E-state index contributed by atoms with van der Waals surface area (Å²) in [5.74, 6) is 0.489. The minimum atomic E-state index is -3.08. The van der Waals surface area contributed by atoms with Gasteiger partial charge in [0.1, 0.15) is 9.84 Å². The Bertz CT molecular complexity index is 453. The van der Waals surface area contributed by atoms with Gasteiger partial charge in [-0.15, -0.1) is 0 Å². The maximum atomic E-state index is 12.3. The second-order valence-corrected chi connectivity index (χ2v) is 9.49. The molecule has 0 aromatic rings. The first-order valence-electron chi connectivity index (χ1n) is 6.82. The zero-order valence-corrected chi connectivity index (χ0v) is 13.3. The number of nitrogens with zero attached hydrogens (tertiary/aromatic N) is 1. The molecular weight excluding hydrogens is 282 g/mol. The Balaban J connectivity index is 2.64. The second-order valence-electron chi connectivity index (χ2n) is 5.46. The summed E-state index contributed by atoms with van der Waals surface area (Å²) in [6, 6.07) is 2.25. The van der Waals surface area contributed by atoms with Crippen LogP contribution in [0.3, 0.4) is 0 Å². The summed E-state index contributed by atoms with van der Waals surface area (Å²) in [7, 11) is -4.29. The van der Waals surface area contributed by atoms with Crippen LogP contribution in [-0.4, -0.2) is 35.6 Å². The molecule has 4 nitrogen and oxygen atoms in total. The van der Waals surface area contributed by atoms with E-state index in [-0.39, 0.29) is 22.7 Å². The molecule has 1 aliphatic carbocycles. The van der Waals surface area contributed by atoms with Crippen LogP contribution in [0.1, 0.15) is 39.0 Å². The molecule has 1 rings (SSSR count). The van der Waals surface area contributed by atoms with Crippen LogP contribution in [0.4, 0.5) is 0 Å². The van der Waals surface area contributed by atoms with Gasteiger partial charge in [-0.1, -0.05) is 19.8 Å². The quantitative estimate of drug-likeness (QED) is 0.751. The topological polar surface area (TPSA) is 75.0 Å². The van der Waals surface area contributed by atoms with Gasteiger partial charge in [0.25, 0.3) is 0 Å². The van der Waals surface area contributed by atoms with Crippen molar-refractivity contribution in [3.63, 3.8) is 0 Å². The third-order valence-electron chi connectivity index (χ3n) is 3.76. The minimum absolute atomic E-state index is 0.0489. The Kier molecular flexibility index (Phi) is 6.48. The lowest BCUT2D eigenvalue weighted by Gasteiger charge is -2.32. The smallest absolute Gasteiger partial charge is 0.148 e. The van der Waals surface area contributed by atoms with Crippen LogP contribution in [0.5, 0.6) is 0 Å². The molecule has 0 aliphatic heterocycles. The Labute approximate surface area is 119 Å². The molecule has 0 aromatic heterocycles. The number of hydrogen-bond acceptors (Lipinski definition) is 4. The second kappa shape index (κ2) is 7.39. The van der Waals surface area contributed by atoms with Gasteiger partial charge < -0.3 is 0 Å². The number of sulfone groups is 1. The van der Waals surface area contributed by atoms with Crippen molar-refractivity contribution >= 4 is 20.6 Å². The molecule has 0 radical (unpaired) electrons. The molecule has 0 heterocycles. The molecule has 6 heteroatoms. The van der Waals surface area contributed by atoms with Gasteiger partial charge in [0.2, 0.25) is 0 Å². The van der Waals surface area contributed by atoms with Gasteiger partial charge in [-0.25, -0.2) is 8.42 Å². The molecule has 4 unspecified atom stereocenters. The molecule has 1 aliphatic rings. The molecule has 1 saturated carbocycles. The van der Waals surface area contributed by atoms with Crippen molar-refractivity contribution < 1.29 is 12.6 Å². The normalized spacial score (nSPS) is 29.6. The molecule has 0 saturated heterocycles. The third-order valence-corrected chi connectivity index (χ3v) is 6.76. The highest BCUT2D eigenvalue weighted by molar-refractivity contribution is 7.92. The van der Waals surface area contributed by atoms with Gasteiger partial charge in [0.05, 0.1) is 23.0 Å². The van der Waals surface area contributed by atoms with Gasteiger partial charge in [-0.2, -0.15) is 5.26 Å². The van der Waals surface area contributed by atoms with E-state index in [9.17, 15) is 12.6 Å². The lowest BCUT2D eigenvalue weighted by molar-refractivity contribution is 0.303. The molecule has 0 N–H and O–H groups in total. The van der Waals surface area contributed by atoms with Crippen LogP contribution < -0.4 is 0 Å². The standard InChI is InChI=1S/C13H23NO3S2/c1-3-4-11-5-6-12(10-14)13(9-11)18(15)7-8-19(2,16)17/h11-13H,3-9H2,1-2H3. The maximum Gasteiger partial charge on any atom is 0.148 e. The maximum absolute atomic E-state index is 12.3. The zero-order valence-electron chi connectivity index (χ0n) is 11.7. The van der Waals surface area contributed by atoms with Crippen LogP contribution >= 0.6 is 0 Å². The van der Waals surface area contributed by atoms with Crippen molar-refractivity contribution in [3.8, 4) is 6.07 Å². The van der Waals surface area contributed by atoms with E-state index in [1.165, 1.54) is 0 Å². The minimum Gasteiger partial charge on any atom is -0.259 e. The highest BCUT2D eigenvalue weighted by Crippen LogP contribution is 2.34. The zero-order chi connectivity index (χ0) is 14.5. The van der Waals surface area contributed by atoms with Crippen molar-refractivity contribution in [2.45, 2.75) is 44.3 Å². The Hall–Kier alpha value is -0.410. The van der Waals surface area contributed by atoms with Crippen molar-refractivity contribution in [2.24, 2.45) is 11.8 Å². The summed E-state index contributed by atoms with van der Waals surface area (Å²) in [6.07, 6.45) is 6.01. The van der Waals surface area contributed by atoms with E-state index in [0.717, 1.165) is 38.4 Å². The molecule has 0 bridgehead atoms. The summed E-state index contributed by atoms with van der Waals surface area (Å²) < 4.78 is 34.5. The van der Waals surface area contributed by atoms with Crippen LogP contribution in [0, 0.1) is 23.2 Å². The van der Waals surface area contributed by atoms with E-state index < -0.39 is 20.6 Å². The third kappa shape index (κ3) is 5.62. The van der Waals surface area contributed by atoms with E-state index >= 15 is 0 Å². The average Bonchev–Trinajstić information content (AvgIpc) is 2.35. The van der Waals surface area contributed by atoms with Gasteiger partial charge in [0, 0.05) is 22.8 Å².